The number of hydrogen-bond donors (Lipinski definition) is 1. The normalized spacial score (nSPS) is 17.9. The molecule has 1 heterocycles. The van der Waals surface area contributed by atoms with Crippen molar-refractivity contribution in [3.63, 3.8) is 0 Å². The van der Waals surface area contributed by atoms with Crippen LogP contribution in [0.3, 0.4) is 0 Å². The Bertz CT molecular complexity index is 489. The van der Waals surface area contributed by atoms with Gasteiger partial charge in [0, 0.05) is 12.6 Å². The van der Waals surface area contributed by atoms with Gasteiger partial charge in [0.25, 0.3) is 0 Å². The van der Waals surface area contributed by atoms with Crippen LogP contribution in [0.2, 0.25) is 0 Å². The van der Waals surface area contributed by atoms with Gasteiger partial charge in [-0.15, -0.1) is 12.4 Å². The van der Waals surface area contributed by atoms with E-state index in [9.17, 15) is 26.3 Å². The molecule has 0 spiro atoms. The minimum Gasteiger partial charge on any atom is -0.328 e. The van der Waals surface area contributed by atoms with Crippen molar-refractivity contribution in [3.05, 3.63) is 34.9 Å². The topological polar surface area (TPSA) is 29.3 Å². The molecule has 0 bridgehead atoms. The van der Waals surface area contributed by atoms with Gasteiger partial charge in [-0.25, -0.2) is 0 Å². The zero-order chi connectivity index (χ0) is 16.5. The van der Waals surface area contributed by atoms with Crippen LogP contribution in [0.4, 0.5) is 26.3 Å². The molecule has 0 atom stereocenters. The van der Waals surface area contributed by atoms with Crippen molar-refractivity contribution in [1.29, 1.82) is 0 Å². The third kappa shape index (κ3) is 5.54. The van der Waals surface area contributed by atoms with Gasteiger partial charge in [0.2, 0.25) is 0 Å². The van der Waals surface area contributed by atoms with Gasteiger partial charge < -0.3 is 5.73 Å². The molecule has 0 radical (unpaired) electrons. The van der Waals surface area contributed by atoms with E-state index in [0.29, 0.717) is 25.9 Å². The highest BCUT2D eigenvalue weighted by atomic mass is 35.5. The number of hydrogen-bond acceptors (Lipinski definition) is 2. The zero-order valence-corrected chi connectivity index (χ0v) is 12.9. The van der Waals surface area contributed by atoms with Gasteiger partial charge in [0.1, 0.15) is 0 Å². The molecular formula is C14H17ClF6N2. The van der Waals surface area contributed by atoms with E-state index in [1.807, 2.05) is 4.90 Å². The van der Waals surface area contributed by atoms with Gasteiger partial charge in [-0.3, -0.25) is 4.90 Å². The minimum atomic E-state index is -4.81. The number of rotatable bonds is 2. The van der Waals surface area contributed by atoms with Crippen LogP contribution in [0.15, 0.2) is 18.2 Å². The molecule has 9 heteroatoms. The molecule has 1 aliphatic rings. The summed E-state index contributed by atoms with van der Waals surface area (Å²) < 4.78 is 76.6. The van der Waals surface area contributed by atoms with Crippen molar-refractivity contribution in [2.24, 2.45) is 5.73 Å². The summed E-state index contributed by atoms with van der Waals surface area (Å²) in [6.07, 6.45) is -8.24. The van der Waals surface area contributed by atoms with Crippen molar-refractivity contribution < 1.29 is 26.3 Å². The number of nitrogens with zero attached hydrogens (tertiary/aromatic N) is 1. The second kappa shape index (κ2) is 7.27. The van der Waals surface area contributed by atoms with E-state index in [1.54, 1.807) is 0 Å². The number of piperidine rings is 1. The lowest BCUT2D eigenvalue weighted by Crippen LogP contribution is -2.39. The largest absolute Gasteiger partial charge is 0.416 e. The van der Waals surface area contributed by atoms with Crippen LogP contribution in [0.5, 0.6) is 0 Å². The van der Waals surface area contributed by atoms with Gasteiger partial charge in [-0.05, 0) is 49.7 Å². The molecule has 1 fully saturated rings. The fraction of sp³-hybridized carbons (Fsp3) is 0.571. The molecule has 23 heavy (non-hydrogen) atoms. The standard InChI is InChI=1S/C14H16F6N2.ClH/c15-13(16,17)10-5-9(6-11(7-10)14(18,19)20)8-22-3-1-12(21)2-4-22;/h5-7,12H,1-4,8,21H2;1H. The Kier molecular flexibility index (Phi) is 6.34. The number of benzene rings is 1. The molecule has 1 aromatic rings. The minimum absolute atomic E-state index is 0. The predicted molar refractivity (Wildman–Crippen MR) is 76.2 cm³/mol. The lowest BCUT2D eigenvalue weighted by Gasteiger charge is -2.30. The van der Waals surface area contributed by atoms with Gasteiger partial charge >= 0.3 is 12.4 Å². The molecule has 2 N–H and O–H groups in total. The smallest absolute Gasteiger partial charge is 0.328 e. The third-order valence-electron chi connectivity index (χ3n) is 3.69. The van der Waals surface area contributed by atoms with Crippen LogP contribution >= 0.6 is 12.4 Å². The highest BCUT2D eigenvalue weighted by molar-refractivity contribution is 5.85. The Morgan fingerprint density at radius 1 is 0.913 bits per heavy atom. The van der Waals surface area contributed by atoms with E-state index >= 15 is 0 Å². The van der Waals surface area contributed by atoms with Crippen molar-refractivity contribution in [3.8, 4) is 0 Å². The van der Waals surface area contributed by atoms with Gasteiger partial charge in [0.05, 0.1) is 11.1 Å². The summed E-state index contributed by atoms with van der Waals surface area (Å²) in [5, 5.41) is 0. The summed E-state index contributed by atoms with van der Waals surface area (Å²) in [6, 6.07) is 1.76. The van der Waals surface area contributed by atoms with Crippen LogP contribution in [-0.4, -0.2) is 24.0 Å². The van der Waals surface area contributed by atoms with Gasteiger partial charge in [0.15, 0.2) is 0 Å². The highest BCUT2D eigenvalue weighted by Gasteiger charge is 2.37. The summed E-state index contributed by atoms with van der Waals surface area (Å²) in [4.78, 5) is 1.82. The molecule has 0 unspecified atom stereocenters. The Hall–Kier alpha value is -0.990. The molecule has 0 aromatic heterocycles. The molecule has 1 aliphatic heterocycles. The SMILES string of the molecule is Cl.NC1CCN(Cc2cc(C(F)(F)F)cc(C(F)(F)F)c2)CC1. The Morgan fingerprint density at radius 3 is 1.74 bits per heavy atom. The van der Waals surface area contributed by atoms with Crippen molar-refractivity contribution >= 4 is 12.4 Å². The summed E-state index contributed by atoms with van der Waals surface area (Å²) in [6.45, 7) is 1.19. The van der Waals surface area contributed by atoms with E-state index in [0.717, 1.165) is 12.1 Å². The molecular weight excluding hydrogens is 346 g/mol. The van der Waals surface area contributed by atoms with Crippen molar-refractivity contribution in [1.82, 2.24) is 4.90 Å². The maximum Gasteiger partial charge on any atom is 0.416 e. The Labute approximate surface area is 136 Å². The molecule has 0 amide bonds. The quantitative estimate of drug-likeness (QED) is 0.804. The van der Waals surface area contributed by atoms with Crippen LogP contribution in [-0.2, 0) is 18.9 Å². The number of likely N-dealkylation sites (tertiary alicyclic amines) is 1. The predicted octanol–water partition coefficient (Wildman–Crippen LogP) is 4.07. The van der Waals surface area contributed by atoms with E-state index in [4.69, 9.17) is 5.73 Å². The second-order valence-corrected chi connectivity index (χ2v) is 5.53. The first-order valence-corrected chi connectivity index (χ1v) is 6.82. The zero-order valence-electron chi connectivity index (χ0n) is 12.0. The fourth-order valence-electron chi connectivity index (χ4n) is 2.48. The van der Waals surface area contributed by atoms with Crippen LogP contribution in [0.1, 0.15) is 29.5 Å². The van der Waals surface area contributed by atoms with Crippen molar-refractivity contribution in [2.75, 3.05) is 13.1 Å². The average molecular weight is 363 g/mol. The van der Waals surface area contributed by atoms with Gasteiger partial charge in [-0.1, -0.05) is 0 Å². The third-order valence-corrected chi connectivity index (χ3v) is 3.69. The van der Waals surface area contributed by atoms with Crippen molar-refractivity contribution in [2.45, 2.75) is 37.8 Å². The van der Waals surface area contributed by atoms with E-state index in [1.165, 1.54) is 0 Å². The summed E-state index contributed by atoms with van der Waals surface area (Å²) in [7, 11) is 0. The lowest BCUT2D eigenvalue weighted by molar-refractivity contribution is -0.143. The maximum atomic E-state index is 12.8. The lowest BCUT2D eigenvalue weighted by atomic mass is 10.0. The first kappa shape index (κ1) is 20.1. The highest BCUT2D eigenvalue weighted by Crippen LogP contribution is 2.36. The van der Waals surface area contributed by atoms with Gasteiger partial charge in [-0.2, -0.15) is 26.3 Å². The second-order valence-electron chi connectivity index (χ2n) is 5.53. The summed E-state index contributed by atoms with van der Waals surface area (Å²) in [5.74, 6) is 0. The van der Waals surface area contributed by atoms with E-state index in [-0.39, 0.29) is 36.6 Å². The molecule has 1 saturated heterocycles. The number of nitrogens with two attached hydrogens (primary N) is 1. The van der Waals surface area contributed by atoms with Crippen LogP contribution in [0.25, 0.3) is 0 Å². The molecule has 0 saturated carbocycles. The molecule has 2 nitrogen and oxygen atoms in total. The van der Waals surface area contributed by atoms with Crippen LogP contribution < -0.4 is 5.73 Å². The Balaban J connectivity index is 0.00000264. The molecule has 0 aliphatic carbocycles. The molecule has 132 valence electrons. The van der Waals surface area contributed by atoms with E-state index < -0.39 is 23.5 Å². The Morgan fingerprint density at radius 2 is 1.35 bits per heavy atom. The summed E-state index contributed by atoms with van der Waals surface area (Å²) in [5.41, 5.74) is 3.20. The first-order valence-electron chi connectivity index (χ1n) is 6.82. The number of halogens is 7. The summed E-state index contributed by atoms with van der Waals surface area (Å²) >= 11 is 0. The fourth-order valence-corrected chi connectivity index (χ4v) is 2.48. The monoisotopic (exact) mass is 362 g/mol. The van der Waals surface area contributed by atoms with Crippen LogP contribution in [0, 0.1) is 0 Å². The first-order chi connectivity index (χ1) is 10.1. The molecule has 1 aromatic carbocycles. The molecule has 2 rings (SSSR count). The van der Waals surface area contributed by atoms with E-state index in [2.05, 4.69) is 0 Å². The average Bonchev–Trinajstić information content (AvgIpc) is 2.39. The maximum absolute atomic E-state index is 12.8. The number of alkyl halides is 6.